The number of aryl methyl sites for hydroxylation is 1. The summed E-state index contributed by atoms with van der Waals surface area (Å²) in [5.41, 5.74) is 1.88. The lowest BCUT2D eigenvalue weighted by Crippen LogP contribution is -2.09. The van der Waals surface area contributed by atoms with E-state index in [9.17, 15) is 5.11 Å². The van der Waals surface area contributed by atoms with Gasteiger partial charge in [0.1, 0.15) is 5.69 Å². The van der Waals surface area contributed by atoms with E-state index in [4.69, 9.17) is 0 Å². The fourth-order valence-corrected chi connectivity index (χ4v) is 2.05. The molecule has 0 radical (unpaired) electrons. The normalized spacial score (nSPS) is 13.3. The summed E-state index contributed by atoms with van der Waals surface area (Å²) in [4.78, 5) is 0. The van der Waals surface area contributed by atoms with Gasteiger partial charge in [0, 0.05) is 12.0 Å². The standard InChI is InChI=1S/C14H26N2O/c1-6-8-9-12-14(17)13(11(5)7-2)16(15-12)10(3)4/h10-11,17H,6-9H2,1-5H3. The van der Waals surface area contributed by atoms with Crippen LogP contribution in [0.25, 0.3) is 0 Å². The molecule has 0 saturated heterocycles. The first-order chi connectivity index (χ1) is 8.02. The molecule has 98 valence electrons. The van der Waals surface area contributed by atoms with Crippen molar-refractivity contribution in [2.75, 3.05) is 0 Å². The van der Waals surface area contributed by atoms with Crippen LogP contribution in [0, 0.1) is 0 Å². The third-order valence-electron chi connectivity index (χ3n) is 3.33. The van der Waals surface area contributed by atoms with E-state index < -0.39 is 0 Å². The van der Waals surface area contributed by atoms with Crippen molar-refractivity contribution in [2.45, 2.75) is 72.3 Å². The number of hydrogen-bond acceptors (Lipinski definition) is 2. The SMILES string of the molecule is CCCCc1nn(C(C)C)c(C(C)CC)c1O. The third-order valence-corrected chi connectivity index (χ3v) is 3.33. The lowest BCUT2D eigenvalue weighted by Gasteiger charge is -2.15. The molecule has 1 aromatic heterocycles. The first kappa shape index (κ1) is 14.1. The highest BCUT2D eigenvalue weighted by Crippen LogP contribution is 2.33. The molecule has 0 aliphatic rings. The Balaban J connectivity index is 3.11. The van der Waals surface area contributed by atoms with E-state index in [-0.39, 0.29) is 0 Å². The van der Waals surface area contributed by atoms with Crippen molar-refractivity contribution in [3.8, 4) is 5.75 Å². The highest BCUT2D eigenvalue weighted by molar-refractivity contribution is 5.35. The van der Waals surface area contributed by atoms with E-state index in [2.05, 4.69) is 39.7 Å². The fourth-order valence-electron chi connectivity index (χ4n) is 2.05. The zero-order chi connectivity index (χ0) is 13.0. The molecule has 0 saturated carbocycles. The van der Waals surface area contributed by atoms with Crippen LogP contribution in [0.1, 0.15) is 77.2 Å². The van der Waals surface area contributed by atoms with Gasteiger partial charge in [-0.05, 0) is 33.1 Å². The number of rotatable bonds is 6. The maximum absolute atomic E-state index is 10.3. The van der Waals surface area contributed by atoms with E-state index in [1.807, 2.05) is 4.68 Å². The maximum Gasteiger partial charge on any atom is 0.160 e. The lowest BCUT2D eigenvalue weighted by atomic mass is 10.0. The second-order valence-corrected chi connectivity index (χ2v) is 5.13. The quantitative estimate of drug-likeness (QED) is 0.812. The predicted octanol–water partition coefficient (Wildman–Crippen LogP) is 4.03. The van der Waals surface area contributed by atoms with E-state index in [1.165, 1.54) is 0 Å². The molecule has 1 aromatic rings. The van der Waals surface area contributed by atoms with Gasteiger partial charge in [-0.2, -0.15) is 5.10 Å². The number of aromatic hydroxyl groups is 1. The second kappa shape index (κ2) is 6.08. The Morgan fingerprint density at radius 1 is 1.24 bits per heavy atom. The van der Waals surface area contributed by atoms with Gasteiger partial charge in [0.2, 0.25) is 0 Å². The van der Waals surface area contributed by atoms with Gasteiger partial charge in [0.25, 0.3) is 0 Å². The number of hydrogen-bond donors (Lipinski definition) is 1. The van der Waals surface area contributed by atoms with Crippen LogP contribution in [-0.2, 0) is 6.42 Å². The van der Waals surface area contributed by atoms with Crippen molar-refractivity contribution in [3.63, 3.8) is 0 Å². The minimum Gasteiger partial charge on any atom is -0.504 e. The molecule has 1 rings (SSSR count). The molecule has 0 aromatic carbocycles. The Labute approximate surface area is 105 Å². The summed E-state index contributed by atoms with van der Waals surface area (Å²) < 4.78 is 1.99. The summed E-state index contributed by atoms with van der Waals surface area (Å²) in [6.07, 6.45) is 4.12. The first-order valence-electron chi connectivity index (χ1n) is 6.83. The van der Waals surface area contributed by atoms with Crippen molar-refractivity contribution < 1.29 is 5.11 Å². The van der Waals surface area contributed by atoms with Crippen molar-refractivity contribution in [1.29, 1.82) is 0 Å². The molecule has 1 N–H and O–H groups in total. The van der Waals surface area contributed by atoms with Gasteiger partial charge < -0.3 is 5.11 Å². The van der Waals surface area contributed by atoms with E-state index in [0.29, 0.717) is 17.7 Å². The molecule has 1 atom stereocenters. The molecule has 3 nitrogen and oxygen atoms in total. The molecule has 17 heavy (non-hydrogen) atoms. The van der Waals surface area contributed by atoms with E-state index in [0.717, 1.165) is 37.1 Å². The molecular formula is C14H26N2O. The molecule has 1 unspecified atom stereocenters. The van der Waals surface area contributed by atoms with Crippen LogP contribution in [0.5, 0.6) is 5.75 Å². The topological polar surface area (TPSA) is 38.0 Å². The van der Waals surface area contributed by atoms with Crippen LogP contribution in [0.3, 0.4) is 0 Å². The summed E-state index contributed by atoms with van der Waals surface area (Å²) in [6, 6.07) is 0.306. The smallest absolute Gasteiger partial charge is 0.160 e. The number of aromatic nitrogens is 2. The molecule has 0 spiro atoms. The van der Waals surface area contributed by atoms with Gasteiger partial charge in [-0.1, -0.05) is 27.2 Å². The number of nitrogens with zero attached hydrogens (tertiary/aromatic N) is 2. The second-order valence-electron chi connectivity index (χ2n) is 5.13. The van der Waals surface area contributed by atoms with Crippen LogP contribution in [0.4, 0.5) is 0 Å². The lowest BCUT2D eigenvalue weighted by molar-refractivity contribution is 0.438. The Morgan fingerprint density at radius 2 is 1.88 bits per heavy atom. The molecule has 0 amide bonds. The Hall–Kier alpha value is -0.990. The minimum atomic E-state index is 0.306. The molecular weight excluding hydrogens is 212 g/mol. The molecule has 1 heterocycles. The largest absolute Gasteiger partial charge is 0.504 e. The monoisotopic (exact) mass is 238 g/mol. The molecule has 0 bridgehead atoms. The average molecular weight is 238 g/mol. The highest BCUT2D eigenvalue weighted by Gasteiger charge is 2.21. The fraction of sp³-hybridized carbons (Fsp3) is 0.786. The minimum absolute atomic E-state index is 0.306. The Bertz CT molecular complexity index is 355. The summed E-state index contributed by atoms with van der Waals surface area (Å²) in [6.45, 7) is 10.7. The Kier molecular flexibility index (Phi) is 5.03. The average Bonchev–Trinajstić information content (AvgIpc) is 2.63. The number of unbranched alkanes of at least 4 members (excludes halogenated alkanes) is 1. The van der Waals surface area contributed by atoms with Gasteiger partial charge in [0.05, 0.1) is 5.69 Å². The van der Waals surface area contributed by atoms with Crippen molar-refractivity contribution >= 4 is 0 Å². The highest BCUT2D eigenvalue weighted by atomic mass is 16.3. The Morgan fingerprint density at radius 3 is 2.35 bits per heavy atom. The van der Waals surface area contributed by atoms with Crippen molar-refractivity contribution in [1.82, 2.24) is 9.78 Å². The van der Waals surface area contributed by atoms with Crippen LogP contribution < -0.4 is 0 Å². The zero-order valence-electron chi connectivity index (χ0n) is 11.8. The summed E-state index contributed by atoms with van der Waals surface area (Å²) in [7, 11) is 0. The maximum atomic E-state index is 10.3. The van der Waals surface area contributed by atoms with Gasteiger partial charge >= 0.3 is 0 Å². The van der Waals surface area contributed by atoms with Gasteiger partial charge in [-0.3, -0.25) is 4.68 Å². The van der Waals surface area contributed by atoms with Crippen LogP contribution in [0.15, 0.2) is 0 Å². The molecule has 0 aliphatic heterocycles. The van der Waals surface area contributed by atoms with Gasteiger partial charge in [-0.25, -0.2) is 0 Å². The first-order valence-corrected chi connectivity index (χ1v) is 6.83. The zero-order valence-corrected chi connectivity index (χ0v) is 11.8. The van der Waals surface area contributed by atoms with Crippen LogP contribution in [0.2, 0.25) is 0 Å². The van der Waals surface area contributed by atoms with E-state index in [1.54, 1.807) is 0 Å². The van der Waals surface area contributed by atoms with Crippen molar-refractivity contribution in [2.24, 2.45) is 0 Å². The van der Waals surface area contributed by atoms with Gasteiger partial charge in [-0.15, -0.1) is 0 Å². The summed E-state index contributed by atoms with van der Waals surface area (Å²) >= 11 is 0. The predicted molar refractivity (Wildman–Crippen MR) is 71.6 cm³/mol. The van der Waals surface area contributed by atoms with E-state index >= 15 is 0 Å². The van der Waals surface area contributed by atoms with Crippen LogP contribution in [-0.4, -0.2) is 14.9 Å². The molecule has 0 fully saturated rings. The summed E-state index contributed by atoms with van der Waals surface area (Å²) in [5, 5.41) is 14.9. The van der Waals surface area contributed by atoms with Crippen molar-refractivity contribution in [3.05, 3.63) is 11.4 Å². The molecule has 0 aliphatic carbocycles. The van der Waals surface area contributed by atoms with Gasteiger partial charge in [0.15, 0.2) is 5.75 Å². The third kappa shape index (κ3) is 3.02. The molecule has 3 heteroatoms. The van der Waals surface area contributed by atoms with Crippen LogP contribution >= 0.6 is 0 Å². The summed E-state index contributed by atoms with van der Waals surface area (Å²) in [5.74, 6) is 0.793.